The smallest absolute Gasteiger partial charge is 0.312 e. The Hall–Kier alpha value is -2.97. The number of hydrogen-bond acceptors (Lipinski definition) is 5. The summed E-state index contributed by atoms with van der Waals surface area (Å²) in [6.07, 6.45) is 1.55. The van der Waals surface area contributed by atoms with E-state index in [1.54, 1.807) is 49.4 Å². The Morgan fingerprint density at radius 2 is 1.91 bits per heavy atom. The summed E-state index contributed by atoms with van der Waals surface area (Å²) in [5.41, 5.74) is 0.963. The number of carboxylic acids is 1. The van der Waals surface area contributed by atoms with Crippen LogP contribution in [0.15, 0.2) is 55.1 Å². The van der Waals surface area contributed by atoms with Gasteiger partial charge in [0.2, 0.25) is 10.0 Å². The number of aromatic nitrogens is 1. The lowest BCUT2D eigenvalue weighted by Crippen LogP contribution is -2.25. The summed E-state index contributed by atoms with van der Waals surface area (Å²) in [4.78, 5) is 11.9. The van der Waals surface area contributed by atoms with Gasteiger partial charge in [0.05, 0.1) is 11.4 Å². The Kier molecular flexibility index (Phi) is 5.92. The molecule has 1 N–H and O–H groups in total. The largest absolute Gasteiger partial charge is 0.486 e. The molecular weight excluding hydrogens is 454 g/mol. The predicted octanol–water partition coefficient (Wildman–Crippen LogP) is 4.75. The van der Waals surface area contributed by atoms with Gasteiger partial charge in [0.25, 0.3) is 0 Å². The quantitative estimate of drug-likeness (QED) is 0.495. The molecule has 32 heavy (non-hydrogen) atoms. The molecular formula is C23H22ClNO6S. The summed E-state index contributed by atoms with van der Waals surface area (Å²) >= 11 is 6.11. The third-order valence-electron chi connectivity index (χ3n) is 5.49. The molecule has 9 heteroatoms. The maximum Gasteiger partial charge on any atom is 0.312 e. The van der Waals surface area contributed by atoms with Crippen molar-refractivity contribution in [2.75, 3.05) is 13.2 Å². The Morgan fingerprint density at radius 1 is 1.19 bits per heavy atom. The van der Waals surface area contributed by atoms with E-state index in [0.717, 1.165) is 3.97 Å². The van der Waals surface area contributed by atoms with Crippen LogP contribution in [0.2, 0.25) is 5.02 Å². The maximum absolute atomic E-state index is 13.9. The van der Waals surface area contributed by atoms with E-state index in [0.29, 0.717) is 46.2 Å². The van der Waals surface area contributed by atoms with Gasteiger partial charge in [-0.2, -0.15) is 0 Å². The van der Waals surface area contributed by atoms with Crippen molar-refractivity contribution in [3.05, 3.63) is 71.4 Å². The number of nitrogens with zero attached hydrogens (tertiary/aromatic N) is 1. The van der Waals surface area contributed by atoms with Crippen LogP contribution in [0.4, 0.5) is 0 Å². The van der Waals surface area contributed by atoms with Gasteiger partial charge in [-0.05, 0) is 48.4 Å². The van der Waals surface area contributed by atoms with Crippen molar-refractivity contribution in [2.24, 2.45) is 0 Å². The second-order valence-corrected chi connectivity index (χ2v) is 9.78. The van der Waals surface area contributed by atoms with Crippen LogP contribution in [0, 0.1) is 0 Å². The number of hydrogen-bond donors (Lipinski definition) is 1. The van der Waals surface area contributed by atoms with Crippen molar-refractivity contribution in [1.29, 1.82) is 0 Å². The van der Waals surface area contributed by atoms with Crippen LogP contribution in [0.1, 0.15) is 35.8 Å². The number of ether oxygens (including phenoxy) is 2. The highest BCUT2D eigenvalue weighted by molar-refractivity contribution is 7.90. The van der Waals surface area contributed by atoms with Crippen LogP contribution >= 0.6 is 11.6 Å². The fourth-order valence-corrected chi connectivity index (χ4v) is 6.06. The first-order valence-corrected chi connectivity index (χ1v) is 12.0. The normalized spacial score (nSPS) is 15.3. The van der Waals surface area contributed by atoms with Gasteiger partial charge in [-0.1, -0.05) is 30.7 Å². The molecule has 3 aromatic rings. The topological polar surface area (TPSA) is 94.8 Å². The monoisotopic (exact) mass is 475 g/mol. The second kappa shape index (κ2) is 8.52. The number of benzene rings is 2. The Bertz CT molecular complexity index is 1310. The number of fused-ring (bicyclic) bond motifs is 2. The molecule has 0 fully saturated rings. The lowest BCUT2D eigenvalue weighted by atomic mass is 10.0. The van der Waals surface area contributed by atoms with Gasteiger partial charge in [-0.25, -0.2) is 12.4 Å². The molecule has 0 spiro atoms. The molecule has 2 unspecified atom stereocenters. The number of rotatable bonds is 7. The Morgan fingerprint density at radius 3 is 2.56 bits per heavy atom. The summed E-state index contributed by atoms with van der Waals surface area (Å²) in [5.74, 6) is -1.12. The molecule has 0 saturated carbocycles. The van der Waals surface area contributed by atoms with E-state index >= 15 is 0 Å². The van der Waals surface area contributed by atoms with Crippen molar-refractivity contribution in [3.63, 3.8) is 0 Å². The van der Waals surface area contributed by atoms with E-state index in [9.17, 15) is 18.3 Å². The minimum atomic E-state index is -4.15. The Labute approximate surface area is 190 Å². The lowest BCUT2D eigenvalue weighted by Gasteiger charge is -2.23. The van der Waals surface area contributed by atoms with Crippen LogP contribution in [-0.4, -0.2) is 36.7 Å². The summed E-state index contributed by atoms with van der Waals surface area (Å²) in [6, 6.07) is 11.3. The van der Waals surface area contributed by atoms with Crippen LogP contribution in [-0.2, 0) is 14.8 Å². The third kappa shape index (κ3) is 3.73. The van der Waals surface area contributed by atoms with Gasteiger partial charge in [-0.15, -0.1) is 6.58 Å². The summed E-state index contributed by atoms with van der Waals surface area (Å²) < 4.78 is 40.1. The zero-order valence-electron chi connectivity index (χ0n) is 17.3. The van der Waals surface area contributed by atoms with Crippen LogP contribution in [0.3, 0.4) is 0 Å². The van der Waals surface area contributed by atoms with E-state index in [1.807, 2.05) is 0 Å². The molecule has 0 radical (unpaired) electrons. The van der Waals surface area contributed by atoms with Crippen LogP contribution < -0.4 is 9.47 Å². The number of carbonyl (C=O) groups is 1. The van der Waals surface area contributed by atoms with Crippen molar-refractivity contribution >= 4 is 38.5 Å². The maximum atomic E-state index is 13.9. The zero-order chi connectivity index (χ0) is 23.0. The van der Waals surface area contributed by atoms with Crippen molar-refractivity contribution < 1.29 is 27.8 Å². The van der Waals surface area contributed by atoms with Crippen molar-refractivity contribution in [3.8, 4) is 11.5 Å². The zero-order valence-corrected chi connectivity index (χ0v) is 18.9. The van der Waals surface area contributed by atoms with Gasteiger partial charge >= 0.3 is 5.97 Å². The minimum Gasteiger partial charge on any atom is -0.486 e. The summed E-state index contributed by atoms with van der Waals surface area (Å²) in [7, 11) is -4.15. The molecule has 2 heterocycles. The Balaban J connectivity index is 1.93. The predicted molar refractivity (Wildman–Crippen MR) is 122 cm³/mol. The highest BCUT2D eigenvalue weighted by Crippen LogP contribution is 2.39. The molecule has 0 aliphatic carbocycles. The third-order valence-corrected chi connectivity index (χ3v) is 7.75. The first-order valence-electron chi connectivity index (χ1n) is 10.1. The summed E-state index contributed by atoms with van der Waals surface area (Å²) in [6.45, 7) is 6.24. The van der Waals surface area contributed by atoms with E-state index in [-0.39, 0.29) is 12.1 Å². The molecule has 2 aromatic carbocycles. The van der Waals surface area contributed by atoms with E-state index < -0.39 is 27.2 Å². The van der Waals surface area contributed by atoms with Crippen molar-refractivity contribution in [2.45, 2.75) is 24.5 Å². The van der Waals surface area contributed by atoms with Gasteiger partial charge in [0.1, 0.15) is 18.5 Å². The molecule has 1 aromatic heterocycles. The molecule has 168 valence electrons. The van der Waals surface area contributed by atoms with Crippen LogP contribution in [0.5, 0.6) is 11.5 Å². The number of carboxylic acid groups (broad SMARTS) is 1. The minimum absolute atomic E-state index is 0.168. The standard InChI is InChI=1S/C23H22ClNO6S/c1-3-17(23(26)27)19-12-15-11-16(24)6-7-18(15)25(19)32(28,29)22(4-2)14-5-8-20-21(13-14)31-10-9-30-20/h4-8,11-13,17,22H,2-3,9-10H2,1H3,(H,26,27). The molecule has 0 saturated heterocycles. The molecule has 1 aliphatic heterocycles. The van der Waals surface area contributed by atoms with Gasteiger partial charge in [0, 0.05) is 16.1 Å². The fraction of sp³-hybridized carbons (Fsp3) is 0.261. The molecule has 4 rings (SSSR count). The highest BCUT2D eigenvalue weighted by Gasteiger charge is 2.34. The molecule has 1 aliphatic rings. The van der Waals surface area contributed by atoms with Crippen molar-refractivity contribution in [1.82, 2.24) is 3.97 Å². The molecule has 0 amide bonds. The van der Waals surface area contributed by atoms with E-state index in [4.69, 9.17) is 21.1 Å². The highest BCUT2D eigenvalue weighted by atomic mass is 35.5. The van der Waals surface area contributed by atoms with E-state index in [1.165, 1.54) is 6.08 Å². The first-order chi connectivity index (χ1) is 15.3. The number of aliphatic carboxylic acids is 1. The molecule has 0 bridgehead atoms. The first kappa shape index (κ1) is 22.2. The lowest BCUT2D eigenvalue weighted by molar-refractivity contribution is -0.138. The average Bonchev–Trinajstić information content (AvgIpc) is 3.13. The molecule has 2 atom stereocenters. The van der Waals surface area contributed by atoms with E-state index in [2.05, 4.69) is 6.58 Å². The fourth-order valence-electron chi connectivity index (χ4n) is 4.00. The van der Waals surface area contributed by atoms with Gasteiger partial charge < -0.3 is 14.6 Å². The van der Waals surface area contributed by atoms with Gasteiger partial charge in [-0.3, -0.25) is 4.79 Å². The van der Waals surface area contributed by atoms with Crippen LogP contribution in [0.25, 0.3) is 10.9 Å². The average molecular weight is 476 g/mol. The summed E-state index contributed by atoms with van der Waals surface area (Å²) in [5, 5.41) is 9.58. The number of halogens is 1. The van der Waals surface area contributed by atoms with Gasteiger partial charge in [0.15, 0.2) is 11.5 Å². The second-order valence-electron chi connectivity index (χ2n) is 7.44. The molecule has 7 nitrogen and oxygen atoms in total. The SMILES string of the molecule is C=CC(c1ccc2c(c1)OCCO2)S(=O)(=O)n1c(C(CC)C(=O)O)cc2cc(Cl)ccc21.